The topological polar surface area (TPSA) is 34.1 Å². The number of carbonyl (C=O) groups excluding carboxylic acids is 2. The summed E-state index contributed by atoms with van der Waals surface area (Å²) in [6.45, 7) is 7.46. The third kappa shape index (κ3) is 5.05. The van der Waals surface area contributed by atoms with Crippen LogP contribution in [0.1, 0.15) is 40.5 Å². The summed E-state index contributed by atoms with van der Waals surface area (Å²) < 4.78 is 0. The zero-order chi connectivity index (χ0) is 9.78. The first-order valence-electron chi connectivity index (χ1n) is 4.28. The molecule has 0 atom stereocenters. The van der Waals surface area contributed by atoms with Gasteiger partial charge in [-0.3, -0.25) is 9.59 Å². The maximum absolute atomic E-state index is 11.2. The monoisotopic (exact) mass is 169 g/mol. The van der Waals surface area contributed by atoms with Crippen LogP contribution in [0.2, 0.25) is 0 Å². The molecule has 0 rings (SSSR count). The first-order valence-corrected chi connectivity index (χ1v) is 4.28. The molecule has 0 fully saturated rings. The van der Waals surface area contributed by atoms with Crippen LogP contribution in [0.25, 0.3) is 0 Å². The lowest BCUT2D eigenvalue weighted by Gasteiger charge is -2.14. The highest BCUT2D eigenvalue weighted by Gasteiger charge is 2.22. The van der Waals surface area contributed by atoms with Crippen molar-refractivity contribution < 1.29 is 9.59 Å². The van der Waals surface area contributed by atoms with Crippen molar-refractivity contribution in [3.8, 4) is 0 Å². The zero-order valence-corrected chi connectivity index (χ0v) is 8.31. The van der Waals surface area contributed by atoms with E-state index in [1.165, 1.54) is 0 Å². The van der Waals surface area contributed by atoms with Crippen LogP contribution in [0.5, 0.6) is 0 Å². The molecule has 1 radical (unpaired) electrons. The van der Waals surface area contributed by atoms with E-state index >= 15 is 0 Å². The summed E-state index contributed by atoms with van der Waals surface area (Å²) in [5.74, 6) is 0.526. The van der Waals surface area contributed by atoms with Gasteiger partial charge in [-0.1, -0.05) is 27.7 Å². The minimum absolute atomic E-state index is 0.151. The number of ketones is 1. The van der Waals surface area contributed by atoms with E-state index in [0.717, 1.165) is 0 Å². The molecule has 0 aliphatic heterocycles. The molecule has 0 bridgehead atoms. The van der Waals surface area contributed by atoms with Gasteiger partial charge in [-0.05, 0) is 5.92 Å². The lowest BCUT2D eigenvalue weighted by Crippen LogP contribution is -2.19. The van der Waals surface area contributed by atoms with E-state index in [4.69, 9.17) is 0 Å². The van der Waals surface area contributed by atoms with E-state index in [0.29, 0.717) is 18.8 Å². The van der Waals surface area contributed by atoms with Crippen molar-refractivity contribution in [3.63, 3.8) is 0 Å². The predicted molar refractivity (Wildman–Crippen MR) is 48.6 cm³/mol. The lowest BCUT2D eigenvalue weighted by molar-refractivity contribution is -0.120. The minimum atomic E-state index is -0.605. The van der Waals surface area contributed by atoms with Gasteiger partial charge in [0.1, 0.15) is 5.78 Å². The van der Waals surface area contributed by atoms with Gasteiger partial charge in [-0.25, -0.2) is 0 Å². The molecule has 0 unspecified atom stereocenters. The molecule has 0 aromatic rings. The SMILES string of the molecule is CC(C)CC(=O)CC(C)(C)[C]=O. The molecule has 0 aromatic heterocycles. The van der Waals surface area contributed by atoms with Crippen LogP contribution in [-0.2, 0) is 9.59 Å². The van der Waals surface area contributed by atoms with Crippen LogP contribution in [0.4, 0.5) is 0 Å². The molecule has 0 heterocycles. The molecular weight excluding hydrogens is 152 g/mol. The smallest absolute Gasteiger partial charge is 0.204 e. The Bertz CT molecular complexity index is 169. The third-order valence-electron chi connectivity index (χ3n) is 1.55. The number of hydrogen-bond acceptors (Lipinski definition) is 2. The summed E-state index contributed by atoms with van der Waals surface area (Å²) in [7, 11) is 0. The van der Waals surface area contributed by atoms with Crippen LogP contribution >= 0.6 is 0 Å². The second kappa shape index (κ2) is 4.39. The Morgan fingerprint density at radius 1 is 1.42 bits per heavy atom. The molecule has 0 spiro atoms. The van der Waals surface area contributed by atoms with Gasteiger partial charge < -0.3 is 0 Å². The predicted octanol–water partition coefficient (Wildman–Crippen LogP) is 2.13. The van der Waals surface area contributed by atoms with Gasteiger partial charge in [0, 0.05) is 18.3 Å². The van der Waals surface area contributed by atoms with Crippen LogP contribution in [0, 0.1) is 11.3 Å². The zero-order valence-electron chi connectivity index (χ0n) is 8.31. The Labute approximate surface area is 74.3 Å². The van der Waals surface area contributed by atoms with Crippen molar-refractivity contribution in [2.24, 2.45) is 11.3 Å². The summed E-state index contributed by atoms with van der Waals surface area (Å²) in [4.78, 5) is 21.6. The Kier molecular flexibility index (Phi) is 4.15. The van der Waals surface area contributed by atoms with Crippen molar-refractivity contribution in [1.82, 2.24) is 0 Å². The maximum Gasteiger partial charge on any atom is 0.204 e. The van der Waals surface area contributed by atoms with Crippen molar-refractivity contribution in [2.75, 3.05) is 0 Å². The standard InChI is InChI=1S/C10H17O2/c1-8(2)5-9(12)6-10(3,4)7-11/h8H,5-6H2,1-4H3. The molecular formula is C10H17O2. The number of Topliss-reactive ketones (excluding diaryl/α,β-unsaturated/α-hetero) is 1. The van der Waals surface area contributed by atoms with Crippen molar-refractivity contribution >= 4 is 12.1 Å². The van der Waals surface area contributed by atoms with Gasteiger partial charge >= 0.3 is 0 Å². The first-order chi connectivity index (χ1) is 5.37. The molecule has 2 heteroatoms. The second-order valence-corrected chi connectivity index (χ2v) is 4.30. The van der Waals surface area contributed by atoms with E-state index in [9.17, 15) is 9.59 Å². The number of carbonyl (C=O) groups is 1. The Balaban J connectivity index is 3.92. The van der Waals surface area contributed by atoms with E-state index < -0.39 is 5.41 Å². The van der Waals surface area contributed by atoms with Crippen LogP contribution in [0.15, 0.2) is 0 Å². The maximum atomic E-state index is 11.2. The molecule has 0 N–H and O–H groups in total. The highest BCUT2D eigenvalue weighted by molar-refractivity contribution is 5.82. The fraction of sp³-hybridized carbons (Fsp3) is 0.800. The molecule has 12 heavy (non-hydrogen) atoms. The highest BCUT2D eigenvalue weighted by Crippen LogP contribution is 2.19. The second-order valence-electron chi connectivity index (χ2n) is 4.30. The van der Waals surface area contributed by atoms with Gasteiger partial charge in [-0.2, -0.15) is 0 Å². The van der Waals surface area contributed by atoms with Gasteiger partial charge in [0.15, 0.2) is 0 Å². The van der Waals surface area contributed by atoms with Crippen LogP contribution < -0.4 is 0 Å². The summed E-state index contributed by atoms with van der Waals surface area (Å²) in [5, 5.41) is 0. The Hall–Kier alpha value is -0.660. The Morgan fingerprint density at radius 3 is 2.25 bits per heavy atom. The minimum Gasteiger partial charge on any atom is -0.300 e. The summed E-state index contributed by atoms with van der Waals surface area (Å²) in [6, 6.07) is 0. The molecule has 0 saturated heterocycles. The third-order valence-corrected chi connectivity index (χ3v) is 1.55. The van der Waals surface area contributed by atoms with Gasteiger partial charge in [0.2, 0.25) is 6.29 Å². The molecule has 0 amide bonds. The average Bonchev–Trinajstić information content (AvgIpc) is 1.84. The summed E-state index contributed by atoms with van der Waals surface area (Å²) in [5.41, 5.74) is -0.605. The quantitative estimate of drug-likeness (QED) is 0.631. The highest BCUT2D eigenvalue weighted by atomic mass is 16.1. The normalized spacial score (nSPS) is 11.8. The summed E-state index contributed by atoms with van der Waals surface area (Å²) >= 11 is 0. The van der Waals surface area contributed by atoms with Gasteiger partial charge in [0.25, 0.3) is 0 Å². The van der Waals surface area contributed by atoms with E-state index in [-0.39, 0.29) is 5.78 Å². The average molecular weight is 169 g/mol. The van der Waals surface area contributed by atoms with Gasteiger partial charge in [-0.15, -0.1) is 0 Å². The fourth-order valence-corrected chi connectivity index (χ4v) is 1.06. The van der Waals surface area contributed by atoms with Crippen LogP contribution in [0.3, 0.4) is 0 Å². The van der Waals surface area contributed by atoms with E-state index in [1.807, 2.05) is 20.1 Å². The summed E-state index contributed by atoms with van der Waals surface area (Å²) in [6.07, 6.45) is 2.75. The molecule has 0 saturated carbocycles. The molecule has 0 aliphatic carbocycles. The first kappa shape index (κ1) is 11.3. The molecule has 0 aliphatic rings. The van der Waals surface area contributed by atoms with Crippen molar-refractivity contribution in [2.45, 2.75) is 40.5 Å². The molecule has 2 nitrogen and oxygen atoms in total. The van der Waals surface area contributed by atoms with Gasteiger partial charge in [0.05, 0.1) is 0 Å². The fourth-order valence-electron chi connectivity index (χ4n) is 1.06. The molecule has 69 valence electrons. The van der Waals surface area contributed by atoms with Crippen molar-refractivity contribution in [3.05, 3.63) is 0 Å². The van der Waals surface area contributed by atoms with E-state index in [2.05, 4.69) is 0 Å². The van der Waals surface area contributed by atoms with Crippen molar-refractivity contribution in [1.29, 1.82) is 0 Å². The largest absolute Gasteiger partial charge is 0.300 e. The van der Waals surface area contributed by atoms with E-state index in [1.54, 1.807) is 13.8 Å². The van der Waals surface area contributed by atoms with Crippen LogP contribution in [-0.4, -0.2) is 12.1 Å². The lowest BCUT2D eigenvalue weighted by atomic mass is 9.87. The molecule has 0 aromatic carbocycles. The number of hydrogen-bond donors (Lipinski definition) is 0. The Morgan fingerprint density at radius 2 is 1.92 bits per heavy atom. The number of rotatable bonds is 5.